The third-order valence-corrected chi connectivity index (χ3v) is 3.18. The van der Waals surface area contributed by atoms with E-state index in [9.17, 15) is 0 Å². The van der Waals surface area contributed by atoms with Crippen molar-refractivity contribution in [2.24, 2.45) is 0 Å². The topological polar surface area (TPSA) is 29.9 Å². The van der Waals surface area contributed by atoms with Crippen LogP contribution in [0.2, 0.25) is 0 Å². The number of benzene rings is 1. The van der Waals surface area contributed by atoms with Crippen LogP contribution in [0.3, 0.4) is 0 Å². The van der Waals surface area contributed by atoms with Gasteiger partial charge in [0.1, 0.15) is 5.82 Å². The van der Waals surface area contributed by atoms with Gasteiger partial charge >= 0.3 is 0 Å². The monoisotopic (exact) mass is 243 g/mol. The molecule has 1 aromatic heterocycles. The van der Waals surface area contributed by atoms with Crippen molar-refractivity contribution in [1.82, 2.24) is 14.9 Å². The second kappa shape index (κ2) is 5.83. The van der Waals surface area contributed by atoms with Crippen molar-refractivity contribution in [3.63, 3.8) is 0 Å². The van der Waals surface area contributed by atoms with Gasteiger partial charge in [0.05, 0.1) is 17.6 Å². The SMILES string of the molecule is C=CCC(C)NCc1nc2ccccc2n1CC. The van der Waals surface area contributed by atoms with Gasteiger partial charge in [-0.1, -0.05) is 18.2 Å². The van der Waals surface area contributed by atoms with E-state index < -0.39 is 0 Å². The minimum Gasteiger partial charge on any atom is -0.327 e. The zero-order chi connectivity index (χ0) is 13.0. The Labute approximate surface area is 109 Å². The first-order valence-electron chi connectivity index (χ1n) is 6.54. The normalized spacial score (nSPS) is 12.8. The lowest BCUT2D eigenvalue weighted by Gasteiger charge is -2.12. The van der Waals surface area contributed by atoms with Gasteiger partial charge in [0.15, 0.2) is 0 Å². The van der Waals surface area contributed by atoms with Gasteiger partial charge in [-0.25, -0.2) is 4.98 Å². The molecule has 0 spiro atoms. The lowest BCUT2D eigenvalue weighted by atomic mass is 10.2. The lowest BCUT2D eigenvalue weighted by Crippen LogP contribution is -2.26. The predicted molar refractivity (Wildman–Crippen MR) is 76.5 cm³/mol. The molecule has 1 heterocycles. The predicted octanol–water partition coefficient (Wildman–Crippen LogP) is 3.11. The molecule has 1 unspecified atom stereocenters. The van der Waals surface area contributed by atoms with E-state index in [1.54, 1.807) is 0 Å². The van der Waals surface area contributed by atoms with E-state index in [1.165, 1.54) is 5.52 Å². The number of aromatic nitrogens is 2. The van der Waals surface area contributed by atoms with E-state index in [0.29, 0.717) is 6.04 Å². The van der Waals surface area contributed by atoms with Crippen LogP contribution in [0.4, 0.5) is 0 Å². The molecule has 2 rings (SSSR count). The first kappa shape index (κ1) is 12.8. The van der Waals surface area contributed by atoms with Crippen molar-refractivity contribution >= 4 is 11.0 Å². The summed E-state index contributed by atoms with van der Waals surface area (Å²) < 4.78 is 2.27. The summed E-state index contributed by atoms with van der Waals surface area (Å²) in [6.07, 6.45) is 2.92. The molecule has 3 nitrogen and oxygen atoms in total. The number of aryl methyl sites for hydroxylation is 1. The Kier molecular flexibility index (Phi) is 4.15. The van der Waals surface area contributed by atoms with Crippen molar-refractivity contribution in [1.29, 1.82) is 0 Å². The second-order valence-corrected chi connectivity index (χ2v) is 4.57. The average Bonchev–Trinajstić information content (AvgIpc) is 2.74. The van der Waals surface area contributed by atoms with Gasteiger partial charge in [0.25, 0.3) is 0 Å². The molecular formula is C15H21N3. The standard InChI is InChI=1S/C15H21N3/c1-4-8-12(3)16-11-15-17-13-9-6-7-10-14(13)18(15)5-2/h4,6-7,9-10,12,16H,1,5,8,11H2,2-3H3. The number of fused-ring (bicyclic) bond motifs is 1. The summed E-state index contributed by atoms with van der Waals surface area (Å²) in [5.74, 6) is 1.11. The molecule has 2 aromatic rings. The van der Waals surface area contributed by atoms with Crippen LogP contribution in [0, 0.1) is 0 Å². The molecule has 0 saturated heterocycles. The van der Waals surface area contributed by atoms with Gasteiger partial charge < -0.3 is 9.88 Å². The minimum absolute atomic E-state index is 0.438. The smallest absolute Gasteiger partial charge is 0.123 e. The highest BCUT2D eigenvalue weighted by molar-refractivity contribution is 5.75. The summed E-state index contributed by atoms with van der Waals surface area (Å²) >= 11 is 0. The molecular weight excluding hydrogens is 222 g/mol. The van der Waals surface area contributed by atoms with Crippen molar-refractivity contribution in [3.05, 3.63) is 42.7 Å². The molecule has 3 heteroatoms. The summed E-state index contributed by atoms with van der Waals surface area (Å²) in [5, 5.41) is 3.48. The van der Waals surface area contributed by atoms with E-state index in [-0.39, 0.29) is 0 Å². The molecule has 0 saturated carbocycles. The van der Waals surface area contributed by atoms with Gasteiger partial charge in [-0.05, 0) is 32.4 Å². The van der Waals surface area contributed by atoms with Crippen molar-refractivity contribution in [2.45, 2.75) is 39.4 Å². The number of nitrogens with one attached hydrogen (secondary N) is 1. The molecule has 0 fully saturated rings. The number of hydrogen-bond acceptors (Lipinski definition) is 2. The summed E-state index contributed by atoms with van der Waals surface area (Å²) in [5.41, 5.74) is 2.29. The molecule has 1 atom stereocenters. The van der Waals surface area contributed by atoms with Gasteiger partial charge in [-0.3, -0.25) is 0 Å². The van der Waals surface area contributed by atoms with E-state index in [4.69, 9.17) is 4.98 Å². The molecule has 0 amide bonds. The molecule has 0 radical (unpaired) electrons. The van der Waals surface area contributed by atoms with Crippen LogP contribution in [0.15, 0.2) is 36.9 Å². The first-order valence-corrected chi connectivity index (χ1v) is 6.54. The Morgan fingerprint density at radius 3 is 2.94 bits per heavy atom. The van der Waals surface area contributed by atoms with Gasteiger partial charge in [-0.2, -0.15) is 0 Å². The highest BCUT2D eigenvalue weighted by atomic mass is 15.1. The number of hydrogen-bond donors (Lipinski definition) is 1. The number of para-hydroxylation sites is 2. The molecule has 0 aliphatic carbocycles. The van der Waals surface area contributed by atoms with Gasteiger partial charge in [0, 0.05) is 12.6 Å². The molecule has 1 N–H and O–H groups in total. The van der Waals surface area contributed by atoms with Gasteiger partial charge in [0.2, 0.25) is 0 Å². The van der Waals surface area contributed by atoms with Crippen molar-refractivity contribution in [2.75, 3.05) is 0 Å². The summed E-state index contributed by atoms with van der Waals surface area (Å²) in [4.78, 5) is 4.69. The molecule has 0 bridgehead atoms. The van der Waals surface area contributed by atoms with Crippen LogP contribution in [0.25, 0.3) is 11.0 Å². The van der Waals surface area contributed by atoms with Crippen LogP contribution >= 0.6 is 0 Å². The Morgan fingerprint density at radius 2 is 2.22 bits per heavy atom. The molecule has 1 aromatic carbocycles. The lowest BCUT2D eigenvalue weighted by molar-refractivity contribution is 0.528. The zero-order valence-corrected chi connectivity index (χ0v) is 11.2. The highest BCUT2D eigenvalue weighted by Crippen LogP contribution is 2.15. The van der Waals surface area contributed by atoms with Crippen LogP contribution in [0.5, 0.6) is 0 Å². The molecule has 18 heavy (non-hydrogen) atoms. The van der Waals surface area contributed by atoms with Crippen molar-refractivity contribution in [3.8, 4) is 0 Å². The molecule has 0 aliphatic heterocycles. The van der Waals surface area contributed by atoms with Gasteiger partial charge in [-0.15, -0.1) is 6.58 Å². The number of rotatable bonds is 6. The molecule has 96 valence electrons. The maximum Gasteiger partial charge on any atom is 0.123 e. The van der Waals surface area contributed by atoms with E-state index in [1.807, 2.05) is 12.1 Å². The Morgan fingerprint density at radius 1 is 1.44 bits per heavy atom. The minimum atomic E-state index is 0.438. The largest absolute Gasteiger partial charge is 0.327 e. The fourth-order valence-electron chi connectivity index (χ4n) is 2.21. The molecule has 0 aliphatic rings. The maximum atomic E-state index is 4.69. The van der Waals surface area contributed by atoms with Crippen LogP contribution < -0.4 is 5.32 Å². The summed E-state index contributed by atoms with van der Waals surface area (Å²) in [6.45, 7) is 9.84. The van der Waals surface area contributed by atoms with Crippen LogP contribution in [-0.4, -0.2) is 15.6 Å². The van der Waals surface area contributed by atoms with Crippen LogP contribution in [-0.2, 0) is 13.1 Å². The Bertz CT molecular complexity index is 528. The Balaban J connectivity index is 2.19. The Hall–Kier alpha value is -1.61. The third-order valence-electron chi connectivity index (χ3n) is 3.18. The highest BCUT2D eigenvalue weighted by Gasteiger charge is 2.09. The fourth-order valence-corrected chi connectivity index (χ4v) is 2.21. The first-order chi connectivity index (χ1) is 8.76. The maximum absolute atomic E-state index is 4.69. The van der Waals surface area contributed by atoms with Crippen molar-refractivity contribution < 1.29 is 0 Å². The summed E-state index contributed by atoms with van der Waals surface area (Å²) in [6, 6.07) is 8.73. The van der Waals surface area contributed by atoms with Crippen LogP contribution in [0.1, 0.15) is 26.1 Å². The second-order valence-electron chi connectivity index (χ2n) is 4.57. The number of nitrogens with zero attached hydrogens (tertiary/aromatic N) is 2. The fraction of sp³-hybridized carbons (Fsp3) is 0.400. The van der Waals surface area contributed by atoms with E-state index >= 15 is 0 Å². The van der Waals surface area contributed by atoms with E-state index in [2.05, 4.69) is 48.5 Å². The quantitative estimate of drug-likeness (QED) is 0.790. The third kappa shape index (κ3) is 2.62. The summed E-state index contributed by atoms with van der Waals surface area (Å²) in [7, 11) is 0. The van der Waals surface area contributed by atoms with E-state index in [0.717, 1.165) is 30.9 Å². The number of imidazole rings is 1. The zero-order valence-electron chi connectivity index (χ0n) is 11.2. The average molecular weight is 243 g/mol.